The maximum absolute atomic E-state index is 12.0. The van der Waals surface area contributed by atoms with Crippen LogP contribution in [0.1, 0.15) is 5.56 Å². The summed E-state index contributed by atoms with van der Waals surface area (Å²) in [5.74, 6) is 0.110. The van der Waals surface area contributed by atoms with Gasteiger partial charge in [0.25, 0.3) is 10.0 Å². The van der Waals surface area contributed by atoms with Crippen LogP contribution in [0.25, 0.3) is 6.08 Å². The summed E-state index contributed by atoms with van der Waals surface area (Å²) < 4.78 is 31.2. The van der Waals surface area contributed by atoms with E-state index >= 15 is 0 Å². The number of aromatic hydroxyl groups is 1. The van der Waals surface area contributed by atoms with Crippen molar-refractivity contribution in [2.45, 2.75) is 0 Å². The van der Waals surface area contributed by atoms with E-state index in [2.05, 4.69) is 4.72 Å². The summed E-state index contributed by atoms with van der Waals surface area (Å²) in [5, 5.41) is 11.2. The molecule has 0 aliphatic carbocycles. The molecular formula is C15H14ClNO4S. The second-order valence-corrected chi connectivity index (χ2v) is 6.39. The lowest BCUT2D eigenvalue weighted by atomic mass is 10.2. The average Bonchev–Trinajstić information content (AvgIpc) is 2.45. The maximum atomic E-state index is 12.0. The minimum atomic E-state index is -3.71. The van der Waals surface area contributed by atoms with Gasteiger partial charge < -0.3 is 9.84 Å². The Morgan fingerprint density at radius 1 is 1.23 bits per heavy atom. The molecule has 7 heteroatoms. The number of methoxy groups -OCH3 is 1. The molecule has 0 radical (unpaired) electrons. The Balaban J connectivity index is 2.16. The molecule has 0 aliphatic heterocycles. The fourth-order valence-electron chi connectivity index (χ4n) is 1.73. The first-order valence-electron chi connectivity index (χ1n) is 6.23. The largest absolute Gasteiger partial charge is 0.504 e. The zero-order chi connectivity index (χ0) is 16.2. The molecule has 2 rings (SSSR count). The van der Waals surface area contributed by atoms with Gasteiger partial charge in [0.1, 0.15) is 0 Å². The van der Waals surface area contributed by atoms with Crippen molar-refractivity contribution in [2.24, 2.45) is 0 Å². The minimum Gasteiger partial charge on any atom is -0.504 e. The molecule has 0 heterocycles. The summed E-state index contributed by atoms with van der Waals surface area (Å²) in [6.45, 7) is 0. The molecule has 0 amide bonds. The van der Waals surface area contributed by atoms with Crippen molar-refractivity contribution < 1.29 is 18.3 Å². The highest BCUT2D eigenvalue weighted by atomic mass is 35.5. The molecule has 22 heavy (non-hydrogen) atoms. The fraction of sp³-hybridized carbons (Fsp3) is 0.0667. The summed E-state index contributed by atoms with van der Waals surface area (Å²) in [5.41, 5.74) is 0.893. The Morgan fingerprint density at radius 2 is 2.00 bits per heavy atom. The second-order valence-electron chi connectivity index (χ2n) is 4.39. The molecule has 0 aliphatic rings. The van der Waals surface area contributed by atoms with Crippen LogP contribution < -0.4 is 9.46 Å². The number of hydrogen-bond acceptors (Lipinski definition) is 4. The predicted molar refractivity (Wildman–Crippen MR) is 87.7 cm³/mol. The highest BCUT2D eigenvalue weighted by Crippen LogP contribution is 2.29. The van der Waals surface area contributed by atoms with E-state index in [1.165, 1.54) is 31.4 Å². The third-order valence-electron chi connectivity index (χ3n) is 2.73. The molecule has 0 aromatic heterocycles. The Labute approximate surface area is 133 Å². The summed E-state index contributed by atoms with van der Waals surface area (Å²) in [4.78, 5) is 0. The van der Waals surface area contributed by atoms with Crippen molar-refractivity contribution in [1.29, 1.82) is 0 Å². The van der Waals surface area contributed by atoms with Crippen molar-refractivity contribution >= 4 is 33.4 Å². The van der Waals surface area contributed by atoms with Crippen LogP contribution in [0, 0.1) is 0 Å². The molecule has 0 spiro atoms. The van der Waals surface area contributed by atoms with Gasteiger partial charge in [-0.15, -0.1) is 0 Å². The summed E-state index contributed by atoms with van der Waals surface area (Å²) in [6.07, 6.45) is 1.43. The van der Waals surface area contributed by atoms with Crippen LogP contribution in [-0.2, 0) is 10.0 Å². The van der Waals surface area contributed by atoms with Crippen molar-refractivity contribution in [3.63, 3.8) is 0 Å². The van der Waals surface area contributed by atoms with Gasteiger partial charge in [-0.3, -0.25) is 4.72 Å². The van der Waals surface area contributed by atoms with E-state index in [0.29, 0.717) is 10.6 Å². The number of hydrogen-bond donors (Lipinski definition) is 2. The molecule has 5 nitrogen and oxygen atoms in total. The number of ether oxygens (including phenoxy) is 1. The van der Waals surface area contributed by atoms with Gasteiger partial charge in [0, 0.05) is 11.1 Å². The summed E-state index contributed by atoms with van der Waals surface area (Å²) in [6, 6.07) is 11.0. The van der Waals surface area contributed by atoms with Crippen LogP contribution >= 0.6 is 11.6 Å². The zero-order valence-corrected chi connectivity index (χ0v) is 13.2. The Kier molecular flexibility index (Phi) is 4.95. The third kappa shape index (κ3) is 4.41. The molecular weight excluding hydrogens is 326 g/mol. The number of anilines is 1. The molecule has 0 saturated carbocycles. The van der Waals surface area contributed by atoms with Crippen LogP contribution in [0.4, 0.5) is 5.69 Å². The number of nitrogens with one attached hydrogen (secondary N) is 1. The third-order valence-corrected chi connectivity index (χ3v) is 3.98. The molecule has 0 fully saturated rings. The van der Waals surface area contributed by atoms with Gasteiger partial charge in [0.05, 0.1) is 18.2 Å². The van der Waals surface area contributed by atoms with E-state index in [0.717, 1.165) is 5.41 Å². The zero-order valence-electron chi connectivity index (χ0n) is 11.7. The van der Waals surface area contributed by atoms with Crippen LogP contribution in [0.5, 0.6) is 11.5 Å². The Morgan fingerprint density at radius 3 is 2.64 bits per heavy atom. The predicted octanol–water partition coefficient (Wildman–Crippen LogP) is 3.47. The Bertz CT molecular complexity index is 803. The molecule has 116 valence electrons. The van der Waals surface area contributed by atoms with Crippen molar-refractivity contribution in [1.82, 2.24) is 0 Å². The van der Waals surface area contributed by atoms with Crippen molar-refractivity contribution in [3.8, 4) is 11.5 Å². The first-order valence-corrected chi connectivity index (χ1v) is 8.15. The minimum absolute atomic E-state index is 0.151. The second kappa shape index (κ2) is 6.72. The fourth-order valence-corrected chi connectivity index (χ4v) is 2.79. The summed E-state index contributed by atoms with van der Waals surface area (Å²) in [7, 11) is -2.30. The standard InChI is InChI=1S/C15H14ClNO4S/c1-21-15-6-5-13(10-14(15)18)17-22(19,20)8-7-11-3-2-4-12(16)9-11/h2-10,17-18H,1H3. The number of rotatable bonds is 5. The van der Waals surface area contributed by atoms with Gasteiger partial charge in [0.2, 0.25) is 0 Å². The van der Waals surface area contributed by atoms with E-state index in [-0.39, 0.29) is 17.2 Å². The lowest BCUT2D eigenvalue weighted by Crippen LogP contribution is -2.08. The lowest BCUT2D eigenvalue weighted by Gasteiger charge is -2.07. The van der Waals surface area contributed by atoms with Crippen LogP contribution in [-0.4, -0.2) is 20.6 Å². The summed E-state index contributed by atoms with van der Waals surface area (Å²) >= 11 is 5.83. The first kappa shape index (κ1) is 16.2. The Hall–Kier alpha value is -2.18. The molecule has 0 bridgehead atoms. The van der Waals surface area contributed by atoms with Gasteiger partial charge in [0.15, 0.2) is 11.5 Å². The molecule has 2 N–H and O–H groups in total. The smallest absolute Gasteiger partial charge is 0.255 e. The topological polar surface area (TPSA) is 75.6 Å². The van der Waals surface area contributed by atoms with E-state index in [1.807, 2.05) is 0 Å². The number of phenols is 1. The monoisotopic (exact) mass is 339 g/mol. The SMILES string of the molecule is COc1ccc(NS(=O)(=O)C=Cc2cccc(Cl)c2)cc1O. The van der Waals surface area contributed by atoms with Crippen LogP contribution in [0.3, 0.4) is 0 Å². The molecule has 2 aromatic carbocycles. The normalized spacial score (nSPS) is 11.5. The van der Waals surface area contributed by atoms with Crippen LogP contribution in [0.2, 0.25) is 5.02 Å². The van der Waals surface area contributed by atoms with Crippen molar-refractivity contribution in [2.75, 3.05) is 11.8 Å². The molecule has 0 unspecified atom stereocenters. The van der Waals surface area contributed by atoms with E-state index in [9.17, 15) is 13.5 Å². The lowest BCUT2D eigenvalue weighted by molar-refractivity contribution is 0.373. The van der Waals surface area contributed by atoms with Gasteiger partial charge in [-0.05, 0) is 35.9 Å². The number of sulfonamides is 1. The quantitative estimate of drug-likeness (QED) is 0.874. The van der Waals surface area contributed by atoms with E-state index in [4.69, 9.17) is 16.3 Å². The van der Waals surface area contributed by atoms with Gasteiger partial charge >= 0.3 is 0 Å². The number of phenolic OH excluding ortho intramolecular Hbond substituents is 1. The van der Waals surface area contributed by atoms with Gasteiger partial charge in [-0.1, -0.05) is 23.7 Å². The molecule has 0 atom stereocenters. The van der Waals surface area contributed by atoms with Crippen molar-refractivity contribution in [3.05, 3.63) is 58.5 Å². The average molecular weight is 340 g/mol. The van der Waals surface area contributed by atoms with Crippen LogP contribution in [0.15, 0.2) is 47.9 Å². The van der Waals surface area contributed by atoms with Gasteiger partial charge in [-0.25, -0.2) is 8.42 Å². The highest BCUT2D eigenvalue weighted by molar-refractivity contribution is 7.95. The molecule has 0 saturated heterocycles. The maximum Gasteiger partial charge on any atom is 0.255 e. The van der Waals surface area contributed by atoms with Gasteiger partial charge in [-0.2, -0.15) is 0 Å². The number of benzene rings is 2. The number of halogens is 1. The first-order chi connectivity index (χ1) is 10.4. The van der Waals surface area contributed by atoms with E-state index in [1.54, 1.807) is 24.3 Å². The van der Waals surface area contributed by atoms with E-state index < -0.39 is 10.0 Å². The molecule has 2 aromatic rings. The highest BCUT2D eigenvalue weighted by Gasteiger charge is 2.08.